The van der Waals surface area contributed by atoms with Gasteiger partial charge in [0.05, 0.1) is 4.90 Å². The Hall–Kier alpha value is -1.07. The molecule has 116 valence electrons. The molecule has 2 aliphatic rings. The van der Waals surface area contributed by atoms with Crippen molar-refractivity contribution in [3.63, 3.8) is 0 Å². The molecule has 1 fully saturated rings. The Labute approximate surface area is 127 Å². The Morgan fingerprint density at radius 1 is 1.14 bits per heavy atom. The van der Waals surface area contributed by atoms with E-state index in [2.05, 4.69) is 5.32 Å². The van der Waals surface area contributed by atoms with Crippen LogP contribution in [0.2, 0.25) is 0 Å². The third-order valence-electron chi connectivity index (χ3n) is 4.80. The molecule has 0 atom stereocenters. The number of rotatable bonds is 3. The fourth-order valence-electron chi connectivity index (χ4n) is 3.43. The summed E-state index contributed by atoms with van der Waals surface area (Å²) >= 11 is 0. The average Bonchev–Trinajstić information content (AvgIpc) is 2.78. The van der Waals surface area contributed by atoms with Crippen LogP contribution in [0.25, 0.3) is 0 Å². The molecule has 0 radical (unpaired) electrons. The Bertz CT molecular complexity index is 605. The van der Waals surface area contributed by atoms with Crippen LogP contribution in [-0.4, -0.2) is 32.4 Å². The van der Waals surface area contributed by atoms with Crippen LogP contribution in [0.5, 0.6) is 0 Å². The molecule has 1 aliphatic carbocycles. The zero-order valence-electron chi connectivity index (χ0n) is 12.6. The number of benzene rings is 1. The van der Waals surface area contributed by atoms with Gasteiger partial charge in [-0.2, -0.15) is 4.31 Å². The predicted molar refractivity (Wildman–Crippen MR) is 85.1 cm³/mol. The van der Waals surface area contributed by atoms with Crippen molar-refractivity contribution in [3.8, 4) is 0 Å². The minimum absolute atomic E-state index is 0.156. The minimum Gasteiger partial charge on any atom is -0.384 e. The molecule has 1 aromatic rings. The molecule has 1 N–H and O–H groups in total. The highest BCUT2D eigenvalue weighted by Crippen LogP contribution is 2.29. The molecule has 4 nitrogen and oxygen atoms in total. The lowest BCUT2D eigenvalue weighted by Gasteiger charge is -2.26. The third kappa shape index (κ3) is 2.94. The Morgan fingerprint density at radius 3 is 2.57 bits per heavy atom. The van der Waals surface area contributed by atoms with E-state index in [1.807, 2.05) is 12.1 Å². The quantitative estimate of drug-likeness (QED) is 0.873. The number of anilines is 1. The zero-order valence-corrected chi connectivity index (χ0v) is 13.5. The summed E-state index contributed by atoms with van der Waals surface area (Å²) in [7, 11) is -1.62. The molecule has 5 heteroatoms. The van der Waals surface area contributed by atoms with Gasteiger partial charge in [0, 0.05) is 25.3 Å². The highest BCUT2D eigenvalue weighted by atomic mass is 32.2. The van der Waals surface area contributed by atoms with Gasteiger partial charge in [-0.05, 0) is 43.0 Å². The van der Waals surface area contributed by atoms with Crippen LogP contribution in [0, 0.1) is 0 Å². The standard InChI is InChI=1S/C16H24N2O2S/c1-18(14-6-4-2-3-5-7-14)21(19,20)15-8-9-16-13(12-15)10-11-17-16/h8-9,12,14,17H,2-7,10-11H2,1H3. The van der Waals surface area contributed by atoms with Crippen molar-refractivity contribution in [2.45, 2.75) is 55.9 Å². The van der Waals surface area contributed by atoms with E-state index in [1.54, 1.807) is 17.4 Å². The minimum atomic E-state index is -3.37. The van der Waals surface area contributed by atoms with E-state index in [1.165, 1.54) is 12.8 Å². The molecule has 21 heavy (non-hydrogen) atoms. The monoisotopic (exact) mass is 308 g/mol. The molecule has 0 amide bonds. The summed E-state index contributed by atoms with van der Waals surface area (Å²) < 4.78 is 27.3. The molecule has 0 bridgehead atoms. The fourth-order valence-corrected chi connectivity index (χ4v) is 4.89. The largest absolute Gasteiger partial charge is 0.384 e. The van der Waals surface area contributed by atoms with Gasteiger partial charge < -0.3 is 5.32 Å². The lowest BCUT2D eigenvalue weighted by molar-refractivity contribution is 0.335. The first-order valence-corrected chi connectivity index (χ1v) is 9.38. The van der Waals surface area contributed by atoms with Crippen LogP contribution in [0.15, 0.2) is 23.1 Å². The van der Waals surface area contributed by atoms with Crippen molar-refractivity contribution in [1.82, 2.24) is 4.31 Å². The maximum absolute atomic E-state index is 12.8. The number of nitrogens with zero attached hydrogens (tertiary/aromatic N) is 1. The predicted octanol–water partition coefficient (Wildman–Crippen LogP) is 3.00. The fraction of sp³-hybridized carbons (Fsp3) is 0.625. The highest BCUT2D eigenvalue weighted by Gasteiger charge is 2.29. The lowest BCUT2D eigenvalue weighted by atomic mass is 10.1. The molecule has 3 rings (SSSR count). The first-order chi connectivity index (χ1) is 10.1. The van der Waals surface area contributed by atoms with Crippen LogP contribution >= 0.6 is 0 Å². The molecular weight excluding hydrogens is 284 g/mol. The number of sulfonamides is 1. The van der Waals surface area contributed by atoms with E-state index in [0.29, 0.717) is 4.90 Å². The van der Waals surface area contributed by atoms with Crippen LogP contribution in [0.3, 0.4) is 0 Å². The second-order valence-electron chi connectivity index (χ2n) is 6.16. The van der Waals surface area contributed by atoms with Gasteiger partial charge in [-0.15, -0.1) is 0 Å². The van der Waals surface area contributed by atoms with Crippen molar-refractivity contribution < 1.29 is 8.42 Å². The summed E-state index contributed by atoms with van der Waals surface area (Å²) in [5.41, 5.74) is 2.19. The molecule has 1 aliphatic heterocycles. The molecule has 0 saturated heterocycles. The van der Waals surface area contributed by atoms with Gasteiger partial charge in [0.2, 0.25) is 10.0 Å². The number of nitrogens with one attached hydrogen (secondary N) is 1. The third-order valence-corrected chi connectivity index (χ3v) is 6.71. The molecule has 1 heterocycles. The van der Waals surface area contributed by atoms with Gasteiger partial charge >= 0.3 is 0 Å². The smallest absolute Gasteiger partial charge is 0.243 e. The summed E-state index contributed by atoms with van der Waals surface area (Å²) in [5, 5.41) is 3.27. The van der Waals surface area contributed by atoms with Gasteiger partial charge in [-0.25, -0.2) is 8.42 Å². The van der Waals surface area contributed by atoms with E-state index in [4.69, 9.17) is 0 Å². The van der Waals surface area contributed by atoms with Crippen LogP contribution in [0.1, 0.15) is 44.1 Å². The van der Waals surface area contributed by atoms with E-state index < -0.39 is 10.0 Å². The Balaban J connectivity index is 1.85. The van der Waals surface area contributed by atoms with Crippen molar-refractivity contribution in [1.29, 1.82) is 0 Å². The second-order valence-corrected chi connectivity index (χ2v) is 8.16. The van der Waals surface area contributed by atoms with E-state index >= 15 is 0 Å². The SMILES string of the molecule is CN(C1CCCCCC1)S(=O)(=O)c1ccc2c(c1)CCN2. The number of hydrogen-bond acceptors (Lipinski definition) is 3. The molecule has 0 spiro atoms. The summed E-state index contributed by atoms with van der Waals surface area (Å²) in [4.78, 5) is 0.441. The molecule has 0 aromatic heterocycles. The molecular formula is C16H24N2O2S. The van der Waals surface area contributed by atoms with Crippen molar-refractivity contribution in [2.75, 3.05) is 18.9 Å². The summed E-state index contributed by atoms with van der Waals surface area (Å²) in [6.07, 6.45) is 7.62. The van der Waals surface area contributed by atoms with Crippen molar-refractivity contribution in [3.05, 3.63) is 23.8 Å². The topological polar surface area (TPSA) is 49.4 Å². The number of hydrogen-bond donors (Lipinski definition) is 1. The molecule has 0 unspecified atom stereocenters. The number of fused-ring (bicyclic) bond motifs is 1. The van der Waals surface area contributed by atoms with E-state index in [-0.39, 0.29) is 6.04 Å². The molecule has 1 aromatic carbocycles. The Kier molecular flexibility index (Phi) is 4.22. The second kappa shape index (κ2) is 5.97. The van der Waals surface area contributed by atoms with Crippen LogP contribution in [0.4, 0.5) is 5.69 Å². The maximum atomic E-state index is 12.8. The van der Waals surface area contributed by atoms with Crippen LogP contribution in [-0.2, 0) is 16.4 Å². The van der Waals surface area contributed by atoms with Crippen molar-refractivity contribution >= 4 is 15.7 Å². The first-order valence-electron chi connectivity index (χ1n) is 7.94. The summed E-state index contributed by atoms with van der Waals surface area (Å²) in [6, 6.07) is 5.64. The maximum Gasteiger partial charge on any atom is 0.243 e. The highest BCUT2D eigenvalue weighted by molar-refractivity contribution is 7.89. The van der Waals surface area contributed by atoms with Crippen LogP contribution < -0.4 is 5.32 Å². The average molecular weight is 308 g/mol. The van der Waals surface area contributed by atoms with Gasteiger partial charge in [0.15, 0.2) is 0 Å². The normalized spacial score (nSPS) is 20.1. The van der Waals surface area contributed by atoms with Crippen molar-refractivity contribution in [2.24, 2.45) is 0 Å². The zero-order chi connectivity index (χ0) is 14.9. The Morgan fingerprint density at radius 2 is 1.86 bits per heavy atom. The summed E-state index contributed by atoms with van der Waals surface area (Å²) in [6.45, 7) is 0.900. The summed E-state index contributed by atoms with van der Waals surface area (Å²) in [5.74, 6) is 0. The van der Waals surface area contributed by atoms with Gasteiger partial charge in [0.1, 0.15) is 0 Å². The first kappa shape index (κ1) is 14.9. The van der Waals surface area contributed by atoms with Gasteiger partial charge in [-0.1, -0.05) is 25.7 Å². The van der Waals surface area contributed by atoms with E-state index in [0.717, 1.165) is 49.9 Å². The van der Waals surface area contributed by atoms with Gasteiger partial charge in [0.25, 0.3) is 0 Å². The van der Waals surface area contributed by atoms with Gasteiger partial charge in [-0.3, -0.25) is 0 Å². The lowest BCUT2D eigenvalue weighted by Crippen LogP contribution is -2.36. The molecule has 1 saturated carbocycles. The van der Waals surface area contributed by atoms with E-state index in [9.17, 15) is 8.42 Å².